The van der Waals surface area contributed by atoms with Crippen LogP contribution in [0.15, 0.2) is 45.8 Å². The predicted molar refractivity (Wildman–Crippen MR) is 69.1 cm³/mol. The number of ketones is 1. The fourth-order valence-corrected chi connectivity index (χ4v) is 1.96. The Morgan fingerprint density at radius 2 is 2.00 bits per heavy atom. The van der Waals surface area contributed by atoms with Crippen LogP contribution in [0.4, 0.5) is 8.78 Å². The number of hydrogen-bond donors (Lipinski definition) is 0. The second-order valence-electron chi connectivity index (χ2n) is 3.84. The number of halogens is 3. The minimum Gasteiger partial charge on any atom is -0.307 e. The van der Waals surface area contributed by atoms with Crippen molar-refractivity contribution in [3.8, 4) is 0 Å². The van der Waals surface area contributed by atoms with Crippen molar-refractivity contribution >= 4 is 21.7 Å². The van der Waals surface area contributed by atoms with Crippen LogP contribution in [-0.4, -0.2) is 10.4 Å². The lowest BCUT2D eigenvalue weighted by Crippen LogP contribution is -2.24. The molecule has 6 heteroatoms. The number of pyridine rings is 1. The lowest BCUT2D eigenvalue weighted by atomic mass is 10.1. The Hall–Kier alpha value is -1.82. The second-order valence-corrected chi connectivity index (χ2v) is 4.69. The first-order chi connectivity index (χ1) is 8.99. The lowest BCUT2D eigenvalue weighted by Gasteiger charge is -2.06. The van der Waals surface area contributed by atoms with Crippen molar-refractivity contribution < 1.29 is 13.6 Å². The van der Waals surface area contributed by atoms with Gasteiger partial charge in [-0.1, -0.05) is 0 Å². The zero-order valence-corrected chi connectivity index (χ0v) is 11.2. The van der Waals surface area contributed by atoms with E-state index in [-0.39, 0.29) is 12.1 Å². The summed E-state index contributed by atoms with van der Waals surface area (Å²) in [6.45, 7) is -0.349. The maximum Gasteiger partial charge on any atom is 0.265 e. The molecule has 0 atom stereocenters. The van der Waals surface area contributed by atoms with Crippen molar-refractivity contribution in [2.75, 3.05) is 0 Å². The molecule has 0 aliphatic rings. The molecule has 2 aromatic rings. The molecule has 19 heavy (non-hydrogen) atoms. The minimum atomic E-state index is -0.811. The predicted octanol–water partition coefficient (Wildman–Crippen LogP) is 2.77. The van der Waals surface area contributed by atoms with Crippen LogP contribution in [0.25, 0.3) is 0 Å². The first-order valence-corrected chi connectivity index (χ1v) is 6.11. The zero-order chi connectivity index (χ0) is 14.0. The van der Waals surface area contributed by atoms with Crippen molar-refractivity contribution in [2.24, 2.45) is 0 Å². The maximum absolute atomic E-state index is 13.4. The number of Topliss-reactive ketones (excluding diaryl/α,β-unsaturated/α-hetero) is 1. The van der Waals surface area contributed by atoms with Gasteiger partial charge in [0.25, 0.3) is 5.56 Å². The van der Waals surface area contributed by atoms with E-state index in [4.69, 9.17) is 0 Å². The summed E-state index contributed by atoms with van der Waals surface area (Å²) in [5.41, 5.74) is -0.778. The molecule has 0 spiro atoms. The highest BCUT2D eigenvalue weighted by Gasteiger charge is 2.14. The van der Waals surface area contributed by atoms with Gasteiger partial charge in [-0.3, -0.25) is 9.59 Å². The van der Waals surface area contributed by atoms with Crippen LogP contribution < -0.4 is 5.56 Å². The summed E-state index contributed by atoms with van der Waals surface area (Å²) in [7, 11) is 0. The van der Waals surface area contributed by atoms with Gasteiger partial charge in [-0.15, -0.1) is 0 Å². The molecule has 98 valence electrons. The van der Waals surface area contributed by atoms with Gasteiger partial charge in [0.2, 0.25) is 0 Å². The number of carbonyl (C=O) groups excluding carboxylic acids is 1. The molecule has 0 aliphatic carbocycles. The van der Waals surface area contributed by atoms with Gasteiger partial charge in [-0.25, -0.2) is 8.78 Å². The molecular weight excluding hydrogens is 320 g/mol. The molecule has 0 N–H and O–H groups in total. The van der Waals surface area contributed by atoms with Crippen LogP contribution in [0.1, 0.15) is 10.4 Å². The van der Waals surface area contributed by atoms with Crippen molar-refractivity contribution in [1.29, 1.82) is 0 Å². The molecule has 3 nitrogen and oxygen atoms in total. The van der Waals surface area contributed by atoms with E-state index in [0.29, 0.717) is 4.47 Å². The quantitative estimate of drug-likeness (QED) is 0.813. The molecule has 1 aromatic heterocycles. The van der Waals surface area contributed by atoms with Gasteiger partial charge >= 0.3 is 0 Å². The van der Waals surface area contributed by atoms with Crippen molar-refractivity contribution in [3.63, 3.8) is 0 Å². The summed E-state index contributed by atoms with van der Waals surface area (Å²) in [6, 6.07) is 5.73. The first-order valence-electron chi connectivity index (χ1n) is 5.32. The summed E-state index contributed by atoms with van der Waals surface area (Å²) >= 11 is 3.04. The normalized spacial score (nSPS) is 10.5. The number of nitrogens with zero attached hydrogens (tertiary/aromatic N) is 1. The fraction of sp³-hybridized carbons (Fsp3) is 0.0769. The average Bonchev–Trinajstić information content (AvgIpc) is 2.38. The van der Waals surface area contributed by atoms with Gasteiger partial charge in [-0.2, -0.15) is 0 Å². The third-order valence-electron chi connectivity index (χ3n) is 2.52. The Bertz CT molecular complexity index is 697. The number of aromatic nitrogens is 1. The zero-order valence-electron chi connectivity index (χ0n) is 9.57. The lowest BCUT2D eigenvalue weighted by molar-refractivity contribution is 0.0966. The molecule has 2 rings (SSSR count). The first kappa shape index (κ1) is 13.6. The summed E-state index contributed by atoms with van der Waals surface area (Å²) in [5, 5.41) is 0. The van der Waals surface area contributed by atoms with E-state index < -0.39 is 23.0 Å². The van der Waals surface area contributed by atoms with E-state index in [1.165, 1.54) is 12.3 Å². The van der Waals surface area contributed by atoms with E-state index in [9.17, 15) is 18.4 Å². The molecule has 0 aliphatic heterocycles. The third kappa shape index (κ3) is 2.96. The fourth-order valence-electron chi connectivity index (χ4n) is 1.58. The van der Waals surface area contributed by atoms with E-state index in [0.717, 1.165) is 22.8 Å². The van der Waals surface area contributed by atoms with Crippen LogP contribution in [0.5, 0.6) is 0 Å². The van der Waals surface area contributed by atoms with Gasteiger partial charge in [0.05, 0.1) is 16.6 Å². The highest BCUT2D eigenvalue weighted by molar-refractivity contribution is 9.10. The van der Waals surface area contributed by atoms with Crippen molar-refractivity contribution in [3.05, 3.63) is 68.6 Å². The Labute approximate surface area is 115 Å². The standard InChI is InChI=1S/C13H8BrF2NO2/c14-10-2-1-5-17(13(10)19)7-12(18)9-6-8(15)3-4-11(9)16/h1-6H,7H2. The molecule has 0 fully saturated rings. The molecule has 0 saturated heterocycles. The van der Waals surface area contributed by atoms with Crippen molar-refractivity contribution in [1.82, 2.24) is 4.57 Å². The highest BCUT2D eigenvalue weighted by Crippen LogP contribution is 2.11. The number of rotatable bonds is 3. The minimum absolute atomic E-state index is 0.294. The Morgan fingerprint density at radius 1 is 1.26 bits per heavy atom. The average molecular weight is 328 g/mol. The van der Waals surface area contributed by atoms with Crippen LogP contribution in [0.3, 0.4) is 0 Å². The molecule has 0 saturated carbocycles. The summed E-state index contributed by atoms with van der Waals surface area (Å²) < 4.78 is 27.8. The summed E-state index contributed by atoms with van der Waals surface area (Å²) in [4.78, 5) is 23.6. The highest BCUT2D eigenvalue weighted by atomic mass is 79.9. The van der Waals surface area contributed by atoms with Gasteiger partial charge in [0.15, 0.2) is 5.78 Å². The van der Waals surface area contributed by atoms with Gasteiger partial charge in [-0.05, 0) is 46.3 Å². The second kappa shape index (κ2) is 5.44. The molecular formula is C13H8BrF2NO2. The van der Waals surface area contributed by atoms with Gasteiger partial charge < -0.3 is 4.57 Å². The van der Waals surface area contributed by atoms with Crippen LogP contribution in [0, 0.1) is 11.6 Å². The number of carbonyl (C=O) groups is 1. The smallest absolute Gasteiger partial charge is 0.265 e. The van der Waals surface area contributed by atoms with E-state index >= 15 is 0 Å². The number of benzene rings is 1. The van der Waals surface area contributed by atoms with Crippen molar-refractivity contribution in [2.45, 2.75) is 6.54 Å². The molecule has 0 bridgehead atoms. The topological polar surface area (TPSA) is 39.1 Å². The Morgan fingerprint density at radius 3 is 2.74 bits per heavy atom. The van der Waals surface area contributed by atoms with Gasteiger partial charge in [0, 0.05) is 6.20 Å². The molecule has 1 heterocycles. The molecule has 0 unspecified atom stereocenters. The van der Waals surface area contributed by atoms with E-state index in [1.807, 2.05) is 0 Å². The van der Waals surface area contributed by atoms with Gasteiger partial charge in [0.1, 0.15) is 11.6 Å². The van der Waals surface area contributed by atoms with Crippen LogP contribution in [0.2, 0.25) is 0 Å². The molecule has 0 radical (unpaired) electrons. The SMILES string of the molecule is O=C(Cn1cccc(Br)c1=O)c1cc(F)ccc1F. The third-order valence-corrected chi connectivity index (χ3v) is 3.12. The Balaban J connectivity index is 2.33. The maximum atomic E-state index is 13.4. The van der Waals surface area contributed by atoms with E-state index in [1.54, 1.807) is 6.07 Å². The monoisotopic (exact) mass is 327 g/mol. The Kier molecular flexibility index (Phi) is 3.90. The summed E-state index contributed by atoms with van der Waals surface area (Å²) in [5.74, 6) is -2.18. The number of hydrogen-bond acceptors (Lipinski definition) is 2. The van der Waals surface area contributed by atoms with Crippen LogP contribution in [-0.2, 0) is 6.54 Å². The largest absolute Gasteiger partial charge is 0.307 e. The van der Waals surface area contributed by atoms with Crippen LogP contribution >= 0.6 is 15.9 Å². The molecule has 0 amide bonds. The van der Waals surface area contributed by atoms with E-state index in [2.05, 4.69) is 15.9 Å². The molecule has 1 aromatic carbocycles. The summed E-state index contributed by atoms with van der Waals surface area (Å²) in [6.07, 6.45) is 1.40.